The number of halogens is 7. The van der Waals surface area contributed by atoms with Crippen molar-refractivity contribution in [3.8, 4) is 0 Å². The van der Waals surface area contributed by atoms with Gasteiger partial charge in [-0.15, -0.1) is 0 Å². The van der Waals surface area contributed by atoms with Crippen LogP contribution >= 0.6 is 22.6 Å². The van der Waals surface area contributed by atoms with E-state index in [1.165, 1.54) is 0 Å². The molecule has 2 N–H and O–H groups in total. The smallest absolute Gasteiger partial charge is 0.307 e. The summed E-state index contributed by atoms with van der Waals surface area (Å²) in [6, 6.07) is 5.44. The molecule has 2 heterocycles. The zero-order valence-corrected chi connectivity index (χ0v) is 25.0. The van der Waals surface area contributed by atoms with Gasteiger partial charge >= 0.3 is 23.7 Å². The lowest BCUT2D eigenvalue weighted by Crippen LogP contribution is -2.35. The van der Waals surface area contributed by atoms with Crippen molar-refractivity contribution in [1.29, 1.82) is 0 Å². The highest BCUT2D eigenvalue weighted by atomic mass is 127. The molecule has 0 amide bonds. The van der Waals surface area contributed by atoms with E-state index in [-0.39, 0.29) is 42.3 Å². The molecular weight excluding hydrogens is 697 g/mol. The molecule has 4 aromatic rings. The first-order chi connectivity index (χ1) is 19.7. The second-order valence-electron chi connectivity index (χ2n) is 9.00. The Kier molecular flexibility index (Phi) is 13.9. The SMILES string of the molecule is C.CCCCn1c(=O)[nH]c2ccc(C(F)(F)F)cc2c1=O.CCCCn1c(=O)[nH]c2ccc(C(F)(F)F)cc2c1=O.CI. The van der Waals surface area contributed by atoms with Gasteiger partial charge < -0.3 is 9.97 Å². The molecule has 0 saturated heterocycles. The monoisotopic (exact) mass is 730 g/mol. The van der Waals surface area contributed by atoms with Gasteiger partial charge in [-0.1, -0.05) is 56.7 Å². The van der Waals surface area contributed by atoms with Crippen LogP contribution in [0.25, 0.3) is 21.8 Å². The first-order valence-corrected chi connectivity index (χ1v) is 14.9. The van der Waals surface area contributed by atoms with Crippen molar-refractivity contribution >= 4 is 44.4 Å². The number of nitrogens with zero attached hydrogens (tertiary/aromatic N) is 2. The fraction of sp³-hybridized carbons (Fsp3) is 0.429. The van der Waals surface area contributed by atoms with Crippen LogP contribution in [-0.2, 0) is 25.4 Å². The summed E-state index contributed by atoms with van der Waals surface area (Å²) in [6.07, 6.45) is -6.30. The van der Waals surface area contributed by atoms with Gasteiger partial charge in [0.25, 0.3) is 11.1 Å². The van der Waals surface area contributed by atoms with Crippen LogP contribution in [0.1, 0.15) is 58.1 Å². The quantitative estimate of drug-likeness (QED) is 0.131. The van der Waals surface area contributed by atoms with Crippen LogP contribution in [0.3, 0.4) is 0 Å². The minimum absolute atomic E-state index is 0. The molecule has 0 radical (unpaired) electrons. The van der Waals surface area contributed by atoms with E-state index in [1.54, 1.807) is 0 Å². The normalized spacial score (nSPS) is 11.3. The molecule has 0 aliphatic carbocycles. The van der Waals surface area contributed by atoms with E-state index in [0.29, 0.717) is 12.8 Å². The molecule has 0 fully saturated rings. The molecule has 0 aliphatic rings. The predicted molar refractivity (Wildman–Crippen MR) is 164 cm³/mol. The van der Waals surface area contributed by atoms with Crippen molar-refractivity contribution in [2.45, 2.75) is 72.4 Å². The Morgan fingerprint density at radius 2 is 0.977 bits per heavy atom. The maximum atomic E-state index is 12.6. The fourth-order valence-corrected chi connectivity index (χ4v) is 3.89. The lowest BCUT2D eigenvalue weighted by molar-refractivity contribution is -0.138. The van der Waals surface area contributed by atoms with E-state index < -0.39 is 46.0 Å². The summed E-state index contributed by atoms with van der Waals surface area (Å²) in [6.45, 7) is 4.16. The number of aromatic nitrogens is 4. The maximum Gasteiger partial charge on any atom is 0.416 e. The van der Waals surface area contributed by atoms with Crippen molar-refractivity contribution in [3.63, 3.8) is 0 Å². The minimum Gasteiger partial charge on any atom is -0.307 e. The zero-order chi connectivity index (χ0) is 31.8. The summed E-state index contributed by atoms with van der Waals surface area (Å²) in [4.78, 5) is 54.5. The van der Waals surface area contributed by atoms with Crippen molar-refractivity contribution < 1.29 is 26.3 Å². The summed E-state index contributed by atoms with van der Waals surface area (Å²) in [7, 11) is 0. The summed E-state index contributed by atoms with van der Waals surface area (Å²) < 4.78 is 77.8. The van der Waals surface area contributed by atoms with Crippen LogP contribution in [-0.4, -0.2) is 24.0 Å². The van der Waals surface area contributed by atoms with Gasteiger partial charge in [-0.3, -0.25) is 18.7 Å². The molecule has 4 rings (SSSR count). The Labute approximate surface area is 255 Å². The molecular formula is C28H33F6IN4O4. The highest BCUT2D eigenvalue weighted by Crippen LogP contribution is 2.31. The number of fused-ring (bicyclic) bond motifs is 2. The third kappa shape index (κ3) is 9.31. The van der Waals surface area contributed by atoms with Crippen molar-refractivity contribution in [1.82, 2.24) is 19.1 Å². The van der Waals surface area contributed by atoms with Crippen LogP contribution < -0.4 is 22.5 Å². The van der Waals surface area contributed by atoms with E-state index in [9.17, 15) is 45.5 Å². The highest BCUT2D eigenvalue weighted by Gasteiger charge is 2.31. The van der Waals surface area contributed by atoms with Crippen molar-refractivity contribution in [3.05, 3.63) is 89.2 Å². The number of nitrogens with one attached hydrogen (secondary N) is 2. The number of rotatable bonds is 6. The van der Waals surface area contributed by atoms with E-state index in [0.717, 1.165) is 58.4 Å². The second kappa shape index (κ2) is 15.9. The lowest BCUT2D eigenvalue weighted by atomic mass is 10.1. The topological polar surface area (TPSA) is 110 Å². The van der Waals surface area contributed by atoms with Gasteiger partial charge in [0.15, 0.2) is 0 Å². The molecule has 0 aliphatic heterocycles. The van der Waals surface area contributed by atoms with Gasteiger partial charge in [0.2, 0.25) is 0 Å². The minimum atomic E-state index is -4.52. The number of benzene rings is 2. The van der Waals surface area contributed by atoms with Gasteiger partial charge in [0.05, 0.1) is 32.9 Å². The van der Waals surface area contributed by atoms with E-state index in [1.807, 2.05) is 18.8 Å². The predicted octanol–water partition coefficient (Wildman–Crippen LogP) is 6.70. The number of alkyl halides is 7. The average molecular weight is 730 g/mol. The third-order valence-corrected chi connectivity index (χ3v) is 6.09. The number of unbranched alkanes of at least 4 members (excludes halogenated alkanes) is 2. The van der Waals surface area contributed by atoms with Crippen LogP contribution in [0.4, 0.5) is 26.3 Å². The van der Waals surface area contributed by atoms with Gasteiger partial charge in [0, 0.05) is 13.1 Å². The van der Waals surface area contributed by atoms with E-state index in [2.05, 4.69) is 32.6 Å². The first kappa shape index (κ1) is 37.7. The molecule has 2 aromatic carbocycles. The van der Waals surface area contributed by atoms with Crippen LogP contribution in [0.5, 0.6) is 0 Å². The Morgan fingerprint density at radius 1 is 0.651 bits per heavy atom. The summed E-state index contributed by atoms with van der Waals surface area (Å²) in [5.41, 5.74) is -4.17. The van der Waals surface area contributed by atoms with E-state index >= 15 is 0 Å². The molecule has 0 atom stereocenters. The molecule has 0 bridgehead atoms. The van der Waals surface area contributed by atoms with Crippen molar-refractivity contribution in [2.75, 3.05) is 4.93 Å². The molecule has 43 heavy (non-hydrogen) atoms. The van der Waals surface area contributed by atoms with Crippen LogP contribution in [0, 0.1) is 0 Å². The van der Waals surface area contributed by atoms with Crippen LogP contribution in [0.15, 0.2) is 55.6 Å². The third-order valence-electron chi connectivity index (χ3n) is 6.09. The molecule has 0 spiro atoms. The Balaban J connectivity index is 0.000000398. The van der Waals surface area contributed by atoms with Gasteiger partial charge in [-0.2, -0.15) is 26.3 Å². The second-order valence-corrected chi connectivity index (χ2v) is 9.00. The Morgan fingerprint density at radius 3 is 1.26 bits per heavy atom. The fourth-order valence-electron chi connectivity index (χ4n) is 3.89. The Hall–Kier alpha value is -3.37. The molecule has 0 saturated carbocycles. The average Bonchev–Trinajstić information content (AvgIpc) is 2.93. The Bertz CT molecular complexity index is 1620. The number of H-pyrrole nitrogens is 2. The summed E-state index contributed by atoms with van der Waals surface area (Å²) in [5.74, 6) is 0. The molecule has 2 aromatic heterocycles. The van der Waals surface area contributed by atoms with E-state index in [4.69, 9.17) is 0 Å². The van der Waals surface area contributed by atoms with Crippen molar-refractivity contribution in [2.24, 2.45) is 0 Å². The first-order valence-electron chi connectivity index (χ1n) is 12.7. The number of aromatic amines is 2. The molecule has 238 valence electrons. The zero-order valence-electron chi connectivity index (χ0n) is 22.9. The van der Waals surface area contributed by atoms with Crippen LogP contribution in [0.2, 0.25) is 0 Å². The van der Waals surface area contributed by atoms with Gasteiger partial charge in [-0.05, 0) is 54.2 Å². The maximum absolute atomic E-state index is 12.6. The number of hydrogen-bond acceptors (Lipinski definition) is 4. The molecule has 15 heteroatoms. The highest BCUT2D eigenvalue weighted by molar-refractivity contribution is 14.1. The standard InChI is InChI=1S/2C13H13F3N2O2.CH3I.CH4/c2*1-2-3-6-18-11(19)9-7-8(13(14,15)16)4-5-10(9)17-12(18)20;1-2;/h2*4-5,7H,2-3,6H2,1H3,(H,17,20);1H3;1H4. The summed E-state index contributed by atoms with van der Waals surface area (Å²) >= 11 is 2.15. The summed E-state index contributed by atoms with van der Waals surface area (Å²) in [5, 5.41) is -0.258. The molecule has 8 nitrogen and oxygen atoms in total. The largest absolute Gasteiger partial charge is 0.416 e. The number of hydrogen-bond donors (Lipinski definition) is 2. The lowest BCUT2D eigenvalue weighted by Gasteiger charge is -2.09. The molecule has 0 unspecified atom stereocenters. The van der Waals surface area contributed by atoms with Gasteiger partial charge in [-0.25, -0.2) is 9.59 Å². The van der Waals surface area contributed by atoms with Gasteiger partial charge in [0.1, 0.15) is 0 Å².